The summed E-state index contributed by atoms with van der Waals surface area (Å²) in [6, 6.07) is 21.5. The molecule has 0 aliphatic carbocycles. The summed E-state index contributed by atoms with van der Waals surface area (Å²) in [5.41, 5.74) is 2.65. The Morgan fingerprint density at radius 1 is 0.889 bits per heavy atom. The van der Waals surface area contributed by atoms with Crippen molar-refractivity contribution < 1.29 is 13.2 Å². The third kappa shape index (κ3) is 4.51. The minimum atomic E-state index is -3.74. The number of hydrogen-bond acceptors (Lipinski definition) is 3. The molecule has 4 nitrogen and oxygen atoms in total. The lowest BCUT2D eigenvalue weighted by Crippen LogP contribution is -2.30. The van der Waals surface area contributed by atoms with E-state index in [1.807, 2.05) is 43.3 Å². The van der Waals surface area contributed by atoms with E-state index in [2.05, 4.69) is 15.9 Å². The SMILES string of the molecule is COc1ccc(S(=O)(=O)N(Cc2ccc(C)cc2)c2ccc(Br)cc2)cc1. The van der Waals surface area contributed by atoms with Crippen molar-refractivity contribution in [3.8, 4) is 5.75 Å². The summed E-state index contributed by atoms with van der Waals surface area (Å²) in [5.74, 6) is 0.614. The molecule has 0 aliphatic heterocycles. The van der Waals surface area contributed by atoms with Crippen molar-refractivity contribution in [3.63, 3.8) is 0 Å². The zero-order valence-electron chi connectivity index (χ0n) is 15.1. The molecular weight excluding hydrogens is 426 g/mol. The third-order valence-electron chi connectivity index (χ3n) is 4.21. The van der Waals surface area contributed by atoms with Crippen LogP contribution in [0.2, 0.25) is 0 Å². The van der Waals surface area contributed by atoms with Crippen LogP contribution in [0.4, 0.5) is 5.69 Å². The molecule has 3 aromatic carbocycles. The lowest BCUT2D eigenvalue weighted by Gasteiger charge is -2.25. The Morgan fingerprint density at radius 2 is 1.48 bits per heavy atom. The Hall–Kier alpha value is -2.31. The predicted molar refractivity (Wildman–Crippen MR) is 112 cm³/mol. The van der Waals surface area contributed by atoms with E-state index in [0.29, 0.717) is 11.4 Å². The molecule has 0 bridgehead atoms. The number of methoxy groups -OCH3 is 1. The molecule has 0 saturated carbocycles. The summed E-state index contributed by atoms with van der Waals surface area (Å²) in [4.78, 5) is 0.221. The highest BCUT2D eigenvalue weighted by Gasteiger charge is 2.25. The molecule has 0 N–H and O–H groups in total. The van der Waals surface area contributed by atoms with Gasteiger partial charge >= 0.3 is 0 Å². The van der Waals surface area contributed by atoms with Gasteiger partial charge in [-0.25, -0.2) is 8.42 Å². The molecular formula is C21H20BrNO3S. The lowest BCUT2D eigenvalue weighted by molar-refractivity contribution is 0.414. The van der Waals surface area contributed by atoms with E-state index in [1.54, 1.807) is 43.5 Å². The maximum atomic E-state index is 13.4. The number of anilines is 1. The van der Waals surface area contributed by atoms with Gasteiger partial charge in [0.25, 0.3) is 10.0 Å². The van der Waals surface area contributed by atoms with Crippen molar-refractivity contribution >= 4 is 31.6 Å². The first-order valence-corrected chi connectivity index (χ1v) is 10.6. The van der Waals surface area contributed by atoms with Gasteiger partial charge in [-0.05, 0) is 61.0 Å². The molecule has 0 radical (unpaired) electrons. The van der Waals surface area contributed by atoms with E-state index in [-0.39, 0.29) is 11.4 Å². The van der Waals surface area contributed by atoms with Gasteiger partial charge in [0, 0.05) is 4.47 Å². The second kappa shape index (κ2) is 8.15. The summed E-state index contributed by atoms with van der Waals surface area (Å²) >= 11 is 3.40. The minimum Gasteiger partial charge on any atom is -0.497 e. The molecule has 3 aromatic rings. The molecule has 0 aromatic heterocycles. The largest absolute Gasteiger partial charge is 0.497 e. The number of halogens is 1. The number of sulfonamides is 1. The summed E-state index contributed by atoms with van der Waals surface area (Å²) in [5, 5.41) is 0. The number of ether oxygens (including phenoxy) is 1. The molecule has 6 heteroatoms. The fraction of sp³-hybridized carbons (Fsp3) is 0.143. The maximum Gasteiger partial charge on any atom is 0.264 e. The fourth-order valence-corrected chi connectivity index (χ4v) is 4.37. The highest BCUT2D eigenvalue weighted by atomic mass is 79.9. The fourth-order valence-electron chi connectivity index (χ4n) is 2.66. The van der Waals surface area contributed by atoms with Crippen molar-refractivity contribution in [2.45, 2.75) is 18.4 Å². The average molecular weight is 446 g/mol. The van der Waals surface area contributed by atoms with Gasteiger partial charge in [-0.2, -0.15) is 0 Å². The first-order chi connectivity index (χ1) is 12.9. The highest BCUT2D eigenvalue weighted by Crippen LogP contribution is 2.28. The molecule has 0 amide bonds. The van der Waals surface area contributed by atoms with Crippen LogP contribution in [0.25, 0.3) is 0 Å². The van der Waals surface area contributed by atoms with E-state index in [9.17, 15) is 8.42 Å². The zero-order chi connectivity index (χ0) is 19.4. The van der Waals surface area contributed by atoms with Crippen LogP contribution >= 0.6 is 15.9 Å². The predicted octanol–water partition coefficient (Wildman–Crippen LogP) is 5.16. The molecule has 140 valence electrons. The molecule has 0 atom stereocenters. The number of aryl methyl sites for hydroxylation is 1. The number of rotatable bonds is 6. The molecule has 27 heavy (non-hydrogen) atoms. The molecule has 3 rings (SSSR count). The van der Waals surface area contributed by atoms with Gasteiger partial charge in [-0.15, -0.1) is 0 Å². The van der Waals surface area contributed by atoms with Gasteiger partial charge in [-0.1, -0.05) is 45.8 Å². The maximum absolute atomic E-state index is 13.4. The van der Waals surface area contributed by atoms with E-state index < -0.39 is 10.0 Å². The van der Waals surface area contributed by atoms with Crippen LogP contribution < -0.4 is 9.04 Å². The minimum absolute atomic E-state index is 0.221. The molecule has 0 unspecified atom stereocenters. The summed E-state index contributed by atoms with van der Waals surface area (Å²) in [6.07, 6.45) is 0. The van der Waals surface area contributed by atoms with E-state index in [4.69, 9.17) is 4.74 Å². The first kappa shape index (κ1) is 19.5. The average Bonchev–Trinajstić information content (AvgIpc) is 2.68. The van der Waals surface area contributed by atoms with Crippen LogP contribution in [0.3, 0.4) is 0 Å². The Balaban J connectivity index is 2.03. The van der Waals surface area contributed by atoms with Crippen molar-refractivity contribution in [3.05, 3.63) is 88.4 Å². The molecule has 0 saturated heterocycles. The van der Waals surface area contributed by atoms with Crippen LogP contribution in [0.1, 0.15) is 11.1 Å². The van der Waals surface area contributed by atoms with Gasteiger partial charge in [0.2, 0.25) is 0 Å². The van der Waals surface area contributed by atoms with Crippen molar-refractivity contribution in [2.75, 3.05) is 11.4 Å². The van der Waals surface area contributed by atoms with Crippen LogP contribution in [-0.4, -0.2) is 15.5 Å². The Bertz CT molecular complexity index is 999. The molecule has 0 heterocycles. The van der Waals surface area contributed by atoms with Gasteiger partial charge in [0.05, 0.1) is 24.2 Å². The Labute approximate surface area is 168 Å². The number of benzene rings is 3. The Kier molecular flexibility index (Phi) is 5.87. The highest BCUT2D eigenvalue weighted by molar-refractivity contribution is 9.10. The number of nitrogens with zero attached hydrogens (tertiary/aromatic N) is 1. The van der Waals surface area contributed by atoms with E-state index in [1.165, 1.54) is 4.31 Å². The van der Waals surface area contributed by atoms with Crippen molar-refractivity contribution in [1.82, 2.24) is 0 Å². The van der Waals surface area contributed by atoms with Crippen LogP contribution in [-0.2, 0) is 16.6 Å². The van der Waals surface area contributed by atoms with Crippen molar-refractivity contribution in [1.29, 1.82) is 0 Å². The number of hydrogen-bond donors (Lipinski definition) is 0. The monoisotopic (exact) mass is 445 g/mol. The van der Waals surface area contributed by atoms with Crippen LogP contribution in [0, 0.1) is 6.92 Å². The molecule has 0 spiro atoms. The van der Waals surface area contributed by atoms with E-state index >= 15 is 0 Å². The van der Waals surface area contributed by atoms with Crippen LogP contribution in [0.15, 0.2) is 82.2 Å². The zero-order valence-corrected chi connectivity index (χ0v) is 17.5. The Morgan fingerprint density at radius 3 is 2.04 bits per heavy atom. The first-order valence-electron chi connectivity index (χ1n) is 8.38. The van der Waals surface area contributed by atoms with Gasteiger partial charge in [-0.3, -0.25) is 4.31 Å². The van der Waals surface area contributed by atoms with Gasteiger partial charge in [0.15, 0.2) is 0 Å². The summed E-state index contributed by atoms with van der Waals surface area (Å²) in [6.45, 7) is 2.25. The summed E-state index contributed by atoms with van der Waals surface area (Å²) in [7, 11) is -2.19. The van der Waals surface area contributed by atoms with Gasteiger partial charge in [0.1, 0.15) is 5.75 Å². The normalized spacial score (nSPS) is 11.2. The quantitative estimate of drug-likeness (QED) is 0.526. The molecule has 0 fully saturated rings. The molecule has 0 aliphatic rings. The third-order valence-corrected chi connectivity index (χ3v) is 6.53. The second-order valence-corrected chi connectivity index (χ2v) is 8.93. The lowest BCUT2D eigenvalue weighted by atomic mass is 10.1. The van der Waals surface area contributed by atoms with Gasteiger partial charge < -0.3 is 4.74 Å². The summed E-state index contributed by atoms with van der Waals surface area (Å²) < 4.78 is 34.2. The smallest absolute Gasteiger partial charge is 0.264 e. The topological polar surface area (TPSA) is 46.6 Å². The van der Waals surface area contributed by atoms with Crippen molar-refractivity contribution in [2.24, 2.45) is 0 Å². The van der Waals surface area contributed by atoms with E-state index in [0.717, 1.165) is 15.6 Å². The second-order valence-electron chi connectivity index (χ2n) is 6.15. The standard InChI is InChI=1S/C21H20BrNO3S/c1-16-3-5-17(6-4-16)15-23(19-9-7-18(22)8-10-19)27(24,25)21-13-11-20(26-2)12-14-21/h3-14H,15H2,1-2H3. The van der Waals surface area contributed by atoms with Crippen LogP contribution in [0.5, 0.6) is 5.75 Å².